The highest BCUT2D eigenvalue weighted by Crippen LogP contribution is 2.31. The van der Waals surface area contributed by atoms with Crippen LogP contribution in [-0.2, 0) is 6.42 Å². The summed E-state index contributed by atoms with van der Waals surface area (Å²) in [4.78, 5) is 0. The molecule has 1 aromatic rings. The van der Waals surface area contributed by atoms with Crippen LogP contribution >= 0.6 is 0 Å². The summed E-state index contributed by atoms with van der Waals surface area (Å²) in [6.45, 7) is 2.26. The molecule has 1 unspecified atom stereocenters. The van der Waals surface area contributed by atoms with E-state index in [1.165, 1.54) is 25.0 Å². The molecule has 0 aromatic heterocycles. The molecule has 0 bridgehead atoms. The van der Waals surface area contributed by atoms with Crippen molar-refractivity contribution in [2.75, 3.05) is 0 Å². The average molecular weight is 301 g/mol. The van der Waals surface area contributed by atoms with E-state index in [0.29, 0.717) is 12.3 Å². The first-order valence-corrected chi connectivity index (χ1v) is 7.44. The van der Waals surface area contributed by atoms with Crippen molar-refractivity contribution in [3.63, 3.8) is 0 Å². The van der Waals surface area contributed by atoms with Crippen LogP contribution in [0.3, 0.4) is 0 Å². The van der Waals surface area contributed by atoms with Gasteiger partial charge in [0.15, 0.2) is 0 Å². The number of benzene rings is 1. The summed E-state index contributed by atoms with van der Waals surface area (Å²) in [5.74, 6) is 1.12. The molecule has 21 heavy (non-hydrogen) atoms. The molecule has 0 saturated heterocycles. The minimum absolute atomic E-state index is 0.0758. The summed E-state index contributed by atoms with van der Waals surface area (Å²) in [6, 6.07) is 6.09. The summed E-state index contributed by atoms with van der Waals surface area (Å²) in [5, 5.41) is 0. The molecular weight excluding hydrogens is 279 g/mol. The van der Waals surface area contributed by atoms with Crippen LogP contribution < -0.4 is 10.5 Å². The largest absolute Gasteiger partial charge is 0.573 e. The van der Waals surface area contributed by atoms with E-state index in [4.69, 9.17) is 5.73 Å². The van der Waals surface area contributed by atoms with Crippen molar-refractivity contribution < 1.29 is 17.9 Å². The monoisotopic (exact) mass is 301 g/mol. The molecule has 0 spiro atoms. The Balaban J connectivity index is 1.88. The molecule has 0 amide bonds. The summed E-state index contributed by atoms with van der Waals surface area (Å²) in [6.07, 6.45) is 0.796. The minimum atomic E-state index is -4.64. The van der Waals surface area contributed by atoms with Crippen LogP contribution in [0.4, 0.5) is 13.2 Å². The van der Waals surface area contributed by atoms with Gasteiger partial charge in [0, 0.05) is 6.04 Å². The summed E-state index contributed by atoms with van der Waals surface area (Å²) in [5.41, 5.74) is 7.21. The maximum absolute atomic E-state index is 12.1. The van der Waals surface area contributed by atoms with Gasteiger partial charge in [-0.15, -0.1) is 13.2 Å². The molecule has 0 heterocycles. The zero-order chi connectivity index (χ0) is 15.5. The number of nitrogens with two attached hydrogens (primary N) is 1. The van der Waals surface area contributed by atoms with Gasteiger partial charge in [0.05, 0.1) is 0 Å². The van der Waals surface area contributed by atoms with Gasteiger partial charge < -0.3 is 10.5 Å². The van der Waals surface area contributed by atoms with Crippen LogP contribution in [-0.4, -0.2) is 12.4 Å². The second-order valence-electron chi connectivity index (χ2n) is 6.08. The molecule has 0 aliphatic heterocycles. The van der Waals surface area contributed by atoms with Crippen LogP contribution in [0.15, 0.2) is 24.3 Å². The molecule has 2 rings (SSSR count). The fourth-order valence-electron chi connectivity index (χ4n) is 2.98. The van der Waals surface area contributed by atoms with E-state index < -0.39 is 6.36 Å². The molecule has 1 aliphatic rings. The van der Waals surface area contributed by atoms with Gasteiger partial charge in [0.1, 0.15) is 5.75 Å². The fraction of sp³-hybridized carbons (Fsp3) is 0.625. The van der Waals surface area contributed by atoms with E-state index in [-0.39, 0.29) is 11.8 Å². The first-order chi connectivity index (χ1) is 9.83. The third kappa shape index (κ3) is 5.23. The molecular formula is C16H22F3NO. The molecule has 1 aliphatic carbocycles. The van der Waals surface area contributed by atoms with Crippen molar-refractivity contribution in [1.82, 2.24) is 0 Å². The standard InChI is InChI=1S/C16H22F3NO/c1-11-2-6-13(7-3-11)15(20)10-12-4-8-14(9-5-12)21-16(17,18)19/h4-5,8-9,11,13,15H,2-3,6-7,10,20H2,1H3. The molecule has 1 saturated carbocycles. The van der Waals surface area contributed by atoms with Gasteiger partial charge in [-0.1, -0.05) is 31.9 Å². The number of hydrogen-bond donors (Lipinski definition) is 1. The number of halogens is 3. The Morgan fingerprint density at radius 1 is 1.14 bits per heavy atom. The summed E-state index contributed by atoms with van der Waals surface area (Å²) >= 11 is 0. The lowest BCUT2D eigenvalue weighted by atomic mass is 9.78. The van der Waals surface area contributed by atoms with Crippen molar-refractivity contribution in [2.45, 2.75) is 51.4 Å². The van der Waals surface area contributed by atoms with E-state index in [1.54, 1.807) is 12.1 Å². The van der Waals surface area contributed by atoms with E-state index in [9.17, 15) is 13.2 Å². The Labute approximate surface area is 123 Å². The van der Waals surface area contributed by atoms with Gasteiger partial charge in [-0.05, 0) is 48.8 Å². The van der Waals surface area contributed by atoms with E-state index in [2.05, 4.69) is 11.7 Å². The topological polar surface area (TPSA) is 35.2 Å². The van der Waals surface area contributed by atoms with Crippen LogP contribution in [0, 0.1) is 11.8 Å². The maximum atomic E-state index is 12.1. The first-order valence-electron chi connectivity index (χ1n) is 7.44. The van der Waals surface area contributed by atoms with Crippen LogP contribution in [0.5, 0.6) is 5.75 Å². The zero-order valence-corrected chi connectivity index (χ0v) is 12.2. The third-order valence-corrected chi connectivity index (χ3v) is 4.29. The highest BCUT2D eigenvalue weighted by Gasteiger charge is 2.31. The van der Waals surface area contributed by atoms with Crippen molar-refractivity contribution in [3.05, 3.63) is 29.8 Å². The number of hydrogen-bond acceptors (Lipinski definition) is 2. The molecule has 1 aromatic carbocycles. The first kappa shape index (κ1) is 16.1. The van der Waals surface area contributed by atoms with Crippen molar-refractivity contribution >= 4 is 0 Å². The Morgan fingerprint density at radius 3 is 2.24 bits per heavy atom. The molecule has 0 radical (unpaired) electrons. The molecule has 118 valence electrons. The SMILES string of the molecule is CC1CCC(C(N)Cc2ccc(OC(F)(F)F)cc2)CC1. The predicted octanol–water partition coefficient (Wildman–Crippen LogP) is 4.28. The van der Waals surface area contributed by atoms with Crippen LogP contribution in [0.1, 0.15) is 38.2 Å². The number of alkyl halides is 3. The van der Waals surface area contributed by atoms with Crippen molar-refractivity contribution in [3.8, 4) is 5.75 Å². The Hall–Kier alpha value is -1.23. The van der Waals surface area contributed by atoms with Crippen LogP contribution in [0.25, 0.3) is 0 Å². The lowest BCUT2D eigenvalue weighted by Gasteiger charge is -2.30. The van der Waals surface area contributed by atoms with Gasteiger partial charge in [-0.2, -0.15) is 0 Å². The number of rotatable bonds is 4. The molecule has 1 fully saturated rings. The van der Waals surface area contributed by atoms with Crippen molar-refractivity contribution in [2.24, 2.45) is 17.6 Å². The Morgan fingerprint density at radius 2 is 1.71 bits per heavy atom. The second kappa shape index (κ2) is 6.69. The lowest BCUT2D eigenvalue weighted by molar-refractivity contribution is -0.274. The van der Waals surface area contributed by atoms with Gasteiger partial charge in [-0.25, -0.2) is 0 Å². The maximum Gasteiger partial charge on any atom is 0.573 e. The van der Waals surface area contributed by atoms with E-state index >= 15 is 0 Å². The van der Waals surface area contributed by atoms with Gasteiger partial charge >= 0.3 is 6.36 Å². The summed E-state index contributed by atoms with van der Waals surface area (Å²) in [7, 11) is 0. The number of ether oxygens (including phenoxy) is 1. The zero-order valence-electron chi connectivity index (χ0n) is 12.2. The Kier molecular flexibility index (Phi) is 5.14. The van der Waals surface area contributed by atoms with Gasteiger partial charge in [0.2, 0.25) is 0 Å². The van der Waals surface area contributed by atoms with E-state index in [0.717, 1.165) is 24.3 Å². The lowest BCUT2D eigenvalue weighted by Crippen LogP contribution is -2.34. The normalized spacial score (nSPS) is 24.6. The molecule has 1 atom stereocenters. The average Bonchev–Trinajstić information content (AvgIpc) is 2.40. The summed E-state index contributed by atoms with van der Waals surface area (Å²) < 4.78 is 40.1. The second-order valence-corrected chi connectivity index (χ2v) is 6.08. The highest BCUT2D eigenvalue weighted by atomic mass is 19.4. The third-order valence-electron chi connectivity index (χ3n) is 4.29. The Bertz CT molecular complexity index is 436. The van der Waals surface area contributed by atoms with Gasteiger partial charge in [0.25, 0.3) is 0 Å². The quantitative estimate of drug-likeness (QED) is 0.901. The van der Waals surface area contributed by atoms with E-state index in [1.807, 2.05) is 0 Å². The van der Waals surface area contributed by atoms with Crippen molar-refractivity contribution in [1.29, 1.82) is 0 Å². The molecule has 2 N–H and O–H groups in total. The molecule has 2 nitrogen and oxygen atoms in total. The van der Waals surface area contributed by atoms with Crippen LogP contribution in [0.2, 0.25) is 0 Å². The fourth-order valence-corrected chi connectivity index (χ4v) is 2.98. The molecule has 5 heteroatoms. The predicted molar refractivity (Wildman–Crippen MR) is 75.9 cm³/mol. The highest BCUT2D eigenvalue weighted by molar-refractivity contribution is 5.28. The van der Waals surface area contributed by atoms with Gasteiger partial charge in [-0.3, -0.25) is 0 Å². The smallest absolute Gasteiger partial charge is 0.406 e. The minimum Gasteiger partial charge on any atom is -0.406 e.